The minimum Gasteiger partial charge on any atom is -0.507 e. The lowest BCUT2D eigenvalue weighted by Gasteiger charge is -2.23. The van der Waals surface area contributed by atoms with E-state index in [9.17, 15) is 13.5 Å². The number of aromatic nitrogens is 1. The topological polar surface area (TPSA) is 79.3 Å². The predicted octanol–water partition coefficient (Wildman–Crippen LogP) is 2.06. The van der Waals surface area contributed by atoms with Gasteiger partial charge in [0.2, 0.25) is 10.0 Å². The summed E-state index contributed by atoms with van der Waals surface area (Å²) in [5.74, 6) is -0.273. The number of sulfonamides is 1. The molecule has 0 unspecified atom stereocenters. The Labute approximate surface area is 116 Å². The van der Waals surface area contributed by atoms with Crippen LogP contribution in [0.5, 0.6) is 5.75 Å². The third-order valence-corrected chi connectivity index (χ3v) is 5.31. The Morgan fingerprint density at radius 2 is 2.00 bits per heavy atom. The van der Waals surface area contributed by atoms with Crippen molar-refractivity contribution in [3.05, 3.63) is 40.8 Å². The van der Waals surface area contributed by atoms with Gasteiger partial charge < -0.3 is 5.11 Å². The fourth-order valence-corrected chi connectivity index (χ4v) is 3.91. The van der Waals surface area contributed by atoms with Gasteiger partial charge in [0, 0.05) is 11.6 Å². The Hall–Kier alpha value is -1.44. The first-order valence-corrected chi connectivity index (χ1v) is 7.91. The standard InChI is InChI=1S/C12H14N2O3S2/c1-12(2,11-13-7-8-18-11)14-19(16,17)10-6-4-3-5-9(10)15/h3-8,14-15H,1-2H3. The van der Waals surface area contributed by atoms with Gasteiger partial charge in [-0.25, -0.2) is 13.4 Å². The van der Waals surface area contributed by atoms with E-state index in [4.69, 9.17) is 0 Å². The van der Waals surface area contributed by atoms with Gasteiger partial charge in [0.25, 0.3) is 0 Å². The van der Waals surface area contributed by atoms with E-state index in [0.29, 0.717) is 5.01 Å². The number of phenolic OH excluding ortho intramolecular Hbond substituents is 1. The summed E-state index contributed by atoms with van der Waals surface area (Å²) in [5.41, 5.74) is -0.838. The minimum absolute atomic E-state index is 0.139. The smallest absolute Gasteiger partial charge is 0.245 e. The summed E-state index contributed by atoms with van der Waals surface area (Å²) in [7, 11) is -3.81. The van der Waals surface area contributed by atoms with Crippen LogP contribution in [-0.4, -0.2) is 18.5 Å². The normalized spacial score (nSPS) is 12.5. The largest absolute Gasteiger partial charge is 0.507 e. The fraction of sp³-hybridized carbons (Fsp3) is 0.250. The lowest BCUT2D eigenvalue weighted by molar-refractivity contribution is 0.447. The second-order valence-corrected chi connectivity index (χ2v) is 7.08. The number of nitrogens with one attached hydrogen (secondary N) is 1. The number of hydrogen-bond donors (Lipinski definition) is 2. The molecule has 0 atom stereocenters. The Morgan fingerprint density at radius 3 is 2.58 bits per heavy atom. The van der Waals surface area contributed by atoms with Gasteiger partial charge in [-0.1, -0.05) is 12.1 Å². The molecule has 0 saturated carbocycles. The highest BCUT2D eigenvalue weighted by Gasteiger charge is 2.31. The van der Waals surface area contributed by atoms with Gasteiger partial charge in [-0.3, -0.25) is 0 Å². The maximum atomic E-state index is 12.3. The van der Waals surface area contributed by atoms with Crippen molar-refractivity contribution in [3.8, 4) is 5.75 Å². The Bertz CT molecular complexity index is 664. The van der Waals surface area contributed by atoms with E-state index >= 15 is 0 Å². The maximum absolute atomic E-state index is 12.3. The van der Waals surface area contributed by atoms with E-state index in [1.807, 2.05) is 0 Å². The van der Waals surface area contributed by atoms with Crippen molar-refractivity contribution in [2.45, 2.75) is 24.3 Å². The fourth-order valence-electron chi connectivity index (χ4n) is 1.65. The zero-order valence-corrected chi connectivity index (χ0v) is 12.1. The highest BCUT2D eigenvalue weighted by Crippen LogP contribution is 2.27. The maximum Gasteiger partial charge on any atom is 0.245 e. The molecule has 0 aliphatic carbocycles. The molecule has 2 N–H and O–H groups in total. The number of nitrogens with zero attached hydrogens (tertiary/aromatic N) is 1. The molecule has 0 fully saturated rings. The number of rotatable bonds is 4. The first-order valence-electron chi connectivity index (χ1n) is 5.55. The number of benzene rings is 1. The molecule has 0 bridgehead atoms. The Kier molecular flexibility index (Phi) is 3.62. The van der Waals surface area contributed by atoms with Crippen LogP contribution >= 0.6 is 11.3 Å². The van der Waals surface area contributed by atoms with Gasteiger partial charge in [0.1, 0.15) is 15.7 Å². The molecule has 0 amide bonds. The van der Waals surface area contributed by atoms with Crippen molar-refractivity contribution in [1.29, 1.82) is 0 Å². The number of para-hydroxylation sites is 1. The van der Waals surface area contributed by atoms with Gasteiger partial charge in [-0.05, 0) is 26.0 Å². The lowest BCUT2D eigenvalue weighted by Crippen LogP contribution is -2.40. The van der Waals surface area contributed by atoms with Crippen LogP contribution in [0.1, 0.15) is 18.9 Å². The van der Waals surface area contributed by atoms with E-state index < -0.39 is 15.6 Å². The monoisotopic (exact) mass is 298 g/mol. The molecular formula is C12H14N2O3S2. The predicted molar refractivity (Wildman–Crippen MR) is 73.6 cm³/mol. The Balaban J connectivity index is 2.35. The molecule has 2 aromatic rings. The molecule has 0 spiro atoms. The van der Waals surface area contributed by atoms with Gasteiger partial charge in [-0.15, -0.1) is 11.3 Å². The molecule has 1 aromatic carbocycles. The van der Waals surface area contributed by atoms with Crippen molar-refractivity contribution >= 4 is 21.4 Å². The lowest BCUT2D eigenvalue weighted by atomic mass is 10.1. The summed E-state index contributed by atoms with van der Waals surface area (Å²) < 4.78 is 27.1. The van der Waals surface area contributed by atoms with Crippen LogP contribution in [0.3, 0.4) is 0 Å². The van der Waals surface area contributed by atoms with Crippen LogP contribution in [0.25, 0.3) is 0 Å². The molecule has 102 valence electrons. The molecule has 1 heterocycles. The van der Waals surface area contributed by atoms with Crippen molar-refractivity contribution in [3.63, 3.8) is 0 Å². The van der Waals surface area contributed by atoms with Crippen LogP contribution in [0, 0.1) is 0 Å². The van der Waals surface area contributed by atoms with Crippen molar-refractivity contribution in [2.24, 2.45) is 0 Å². The van der Waals surface area contributed by atoms with E-state index in [1.54, 1.807) is 37.6 Å². The van der Waals surface area contributed by atoms with E-state index in [-0.39, 0.29) is 10.6 Å². The van der Waals surface area contributed by atoms with Crippen LogP contribution in [0.4, 0.5) is 0 Å². The summed E-state index contributed by atoms with van der Waals surface area (Å²) in [5, 5.41) is 12.1. The van der Waals surface area contributed by atoms with Gasteiger partial charge in [0.05, 0.1) is 5.54 Å². The summed E-state index contributed by atoms with van der Waals surface area (Å²) in [6, 6.07) is 5.82. The Morgan fingerprint density at radius 1 is 1.32 bits per heavy atom. The molecule has 0 aliphatic rings. The second kappa shape index (κ2) is 4.92. The molecular weight excluding hydrogens is 284 g/mol. The zero-order valence-electron chi connectivity index (χ0n) is 10.5. The van der Waals surface area contributed by atoms with E-state index in [0.717, 1.165) is 0 Å². The van der Waals surface area contributed by atoms with E-state index in [2.05, 4.69) is 9.71 Å². The molecule has 0 saturated heterocycles. The quantitative estimate of drug-likeness (QED) is 0.905. The summed E-state index contributed by atoms with van der Waals surface area (Å²) in [6.45, 7) is 3.45. The van der Waals surface area contributed by atoms with Crippen molar-refractivity contribution < 1.29 is 13.5 Å². The summed E-state index contributed by atoms with van der Waals surface area (Å²) in [4.78, 5) is 3.98. The van der Waals surface area contributed by atoms with Gasteiger partial charge >= 0.3 is 0 Å². The van der Waals surface area contributed by atoms with Crippen LogP contribution in [0.2, 0.25) is 0 Å². The number of aromatic hydroxyl groups is 1. The number of phenols is 1. The molecule has 0 radical (unpaired) electrons. The molecule has 1 aromatic heterocycles. The molecule has 7 heteroatoms. The van der Waals surface area contributed by atoms with Crippen LogP contribution in [0.15, 0.2) is 40.7 Å². The first-order chi connectivity index (χ1) is 8.83. The number of thiazole rings is 1. The minimum atomic E-state index is -3.81. The summed E-state index contributed by atoms with van der Waals surface area (Å²) in [6.07, 6.45) is 1.62. The average molecular weight is 298 g/mol. The third-order valence-electron chi connectivity index (χ3n) is 2.51. The highest BCUT2D eigenvalue weighted by molar-refractivity contribution is 7.89. The van der Waals surface area contributed by atoms with Crippen molar-refractivity contribution in [2.75, 3.05) is 0 Å². The molecule has 19 heavy (non-hydrogen) atoms. The third kappa shape index (κ3) is 2.94. The second-order valence-electron chi connectivity index (χ2n) is 4.54. The molecule has 2 rings (SSSR count). The molecule has 0 aliphatic heterocycles. The first kappa shape index (κ1) is 14.0. The zero-order chi connectivity index (χ0) is 14.1. The average Bonchev–Trinajstić information content (AvgIpc) is 2.81. The van der Waals surface area contributed by atoms with Crippen LogP contribution < -0.4 is 4.72 Å². The van der Waals surface area contributed by atoms with E-state index in [1.165, 1.54) is 23.5 Å². The van der Waals surface area contributed by atoms with Gasteiger partial charge in [0.15, 0.2) is 0 Å². The van der Waals surface area contributed by atoms with Crippen molar-refractivity contribution in [1.82, 2.24) is 9.71 Å². The number of hydrogen-bond acceptors (Lipinski definition) is 5. The molecule has 5 nitrogen and oxygen atoms in total. The van der Waals surface area contributed by atoms with Gasteiger partial charge in [-0.2, -0.15) is 4.72 Å². The summed E-state index contributed by atoms with van der Waals surface area (Å²) >= 11 is 1.37. The highest BCUT2D eigenvalue weighted by atomic mass is 32.2. The van der Waals surface area contributed by atoms with Crippen LogP contribution in [-0.2, 0) is 15.6 Å². The SMILES string of the molecule is CC(C)(NS(=O)(=O)c1ccccc1O)c1nccs1.